The number of aromatic nitrogens is 2. The summed E-state index contributed by atoms with van der Waals surface area (Å²) in [6.07, 6.45) is 0.305. The Morgan fingerprint density at radius 3 is 3.00 bits per heavy atom. The Morgan fingerprint density at radius 2 is 2.31 bits per heavy atom. The maximum atomic E-state index is 11.6. The molecule has 0 bridgehead atoms. The van der Waals surface area contributed by atoms with Gasteiger partial charge in [-0.15, -0.1) is 0 Å². The highest BCUT2D eigenvalue weighted by Crippen LogP contribution is 2.29. The Morgan fingerprint density at radius 1 is 1.56 bits per heavy atom. The topological polar surface area (TPSA) is 81.3 Å². The van der Waals surface area contributed by atoms with Gasteiger partial charge in [-0.05, 0) is 20.3 Å². The zero-order valence-electron chi connectivity index (χ0n) is 9.36. The summed E-state index contributed by atoms with van der Waals surface area (Å²) in [4.78, 5) is 21.4. The molecule has 1 aromatic rings. The smallest absolute Gasteiger partial charge is 0.415 e. The SMILES string of the molecule is CCOC(=O)N1CCc2c(N)nc(C)nc21. The van der Waals surface area contributed by atoms with Crippen molar-refractivity contribution in [1.29, 1.82) is 0 Å². The summed E-state index contributed by atoms with van der Waals surface area (Å²) in [5.74, 6) is 1.60. The Labute approximate surface area is 93.4 Å². The minimum Gasteiger partial charge on any atom is -0.449 e. The number of fused-ring (bicyclic) bond motifs is 1. The highest BCUT2D eigenvalue weighted by Gasteiger charge is 2.29. The molecule has 1 aromatic heterocycles. The largest absolute Gasteiger partial charge is 0.449 e. The zero-order chi connectivity index (χ0) is 11.7. The molecule has 0 unspecified atom stereocenters. The van der Waals surface area contributed by atoms with E-state index in [1.54, 1.807) is 13.8 Å². The second-order valence-electron chi connectivity index (χ2n) is 3.56. The van der Waals surface area contributed by atoms with E-state index in [0.29, 0.717) is 37.0 Å². The van der Waals surface area contributed by atoms with Gasteiger partial charge in [0.25, 0.3) is 0 Å². The molecule has 1 amide bonds. The maximum Gasteiger partial charge on any atom is 0.415 e. The molecule has 0 fully saturated rings. The summed E-state index contributed by atoms with van der Waals surface area (Å²) in [5.41, 5.74) is 6.61. The molecule has 0 aliphatic carbocycles. The van der Waals surface area contributed by atoms with E-state index < -0.39 is 0 Å². The minimum atomic E-state index is -0.376. The predicted octanol–water partition coefficient (Wildman–Crippen LogP) is 0.886. The number of aryl methyl sites for hydroxylation is 1. The van der Waals surface area contributed by atoms with E-state index in [-0.39, 0.29) is 6.09 Å². The Balaban J connectivity index is 2.35. The lowest BCUT2D eigenvalue weighted by Gasteiger charge is -2.15. The van der Waals surface area contributed by atoms with E-state index >= 15 is 0 Å². The minimum absolute atomic E-state index is 0.351. The molecule has 2 heterocycles. The van der Waals surface area contributed by atoms with E-state index in [1.807, 2.05) is 0 Å². The van der Waals surface area contributed by atoms with Gasteiger partial charge >= 0.3 is 6.09 Å². The van der Waals surface area contributed by atoms with Crippen LogP contribution in [0.15, 0.2) is 0 Å². The van der Waals surface area contributed by atoms with Crippen LogP contribution in [0.3, 0.4) is 0 Å². The second kappa shape index (κ2) is 3.96. The molecular weight excluding hydrogens is 208 g/mol. The van der Waals surface area contributed by atoms with Gasteiger partial charge in [0.05, 0.1) is 6.61 Å². The predicted molar refractivity (Wildman–Crippen MR) is 59.3 cm³/mol. The molecule has 6 nitrogen and oxygen atoms in total. The number of hydrogen-bond donors (Lipinski definition) is 1. The van der Waals surface area contributed by atoms with Crippen molar-refractivity contribution < 1.29 is 9.53 Å². The van der Waals surface area contributed by atoms with E-state index in [2.05, 4.69) is 9.97 Å². The Bertz CT molecular complexity index is 433. The first-order chi connectivity index (χ1) is 7.63. The second-order valence-corrected chi connectivity index (χ2v) is 3.56. The third kappa shape index (κ3) is 1.66. The van der Waals surface area contributed by atoms with Crippen molar-refractivity contribution in [3.8, 4) is 0 Å². The first-order valence-corrected chi connectivity index (χ1v) is 5.20. The average molecular weight is 222 g/mol. The number of nitrogen functional groups attached to an aromatic ring is 1. The van der Waals surface area contributed by atoms with Crippen LogP contribution >= 0.6 is 0 Å². The lowest BCUT2D eigenvalue weighted by atomic mass is 10.2. The molecule has 0 aromatic carbocycles. The fourth-order valence-electron chi connectivity index (χ4n) is 1.77. The lowest BCUT2D eigenvalue weighted by molar-refractivity contribution is 0.160. The van der Waals surface area contributed by atoms with Crippen molar-refractivity contribution in [1.82, 2.24) is 9.97 Å². The molecule has 2 N–H and O–H groups in total. The molecule has 6 heteroatoms. The summed E-state index contributed by atoms with van der Waals surface area (Å²) in [6, 6.07) is 0. The monoisotopic (exact) mass is 222 g/mol. The normalized spacial score (nSPS) is 13.8. The van der Waals surface area contributed by atoms with Crippen LogP contribution in [0.2, 0.25) is 0 Å². The van der Waals surface area contributed by atoms with Crippen molar-refractivity contribution in [3.05, 3.63) is 11.4 Å². The highest BCUT2D eigenvalue weighted by molar-refractivity contribution is 5.89. The molecule has 0 saturated carbocycles. The van der Waals surface area contributed by atoms with Gasteiger partial charge in [0, 0.05) is 12.1 Å². The molecule has 0 saturated heterocycles. The first kappa shape index (κ1) is 10.7. The molecular formula is C10H14N4O2. The molecule has 0 atom stereocenters. The number of ether oxygens (including phenoxy) is 1. The van der Waals surface area contributed by atoms with Crippen molar-refractivity contribution in [2.24, 2.45) is 0 Å². The lowest BCUT2D eigenvalue weighted by Crippen LogP contribution is -2.30. The number of nitrogens with zero attached hydrogens (tertiary/aromatic N) is 3. The first-order valence-electron chi connectivity index (χ1n) is 5.20. The van der Waals surface area contributed by atoms with Crippen LogP contribution in [0.1, 0.15) is 18.3 Å². The number of nitrogens with two attached hydrogens (primary N) is 1. The molecule has 0 radical (unpaired) electrons. The van der Waals surface area contributed by atoms with Crippen molar-refractivity contribution >= 4 is 17.7 Å². The molecule has 1 aliphatic heterocycles. The van der Waals surface area contributed by atoms with Gasteiger partial charge in [-0.25, -0.2) is 14.8 Å². The van der Waals surface area contributed by atoms with Crippen molar-refractivity contribution in [3.63, 3.8) is 0 Å². The van der Waals surface area contributed by atoms with Crippen LogP contribution in [-0.4, -0.2) is 29.2 Å². The quantitative estimate of drug-likeness (QED) is 0.763. The number of amides is 1. The van der Waals surface area contributed by atoms with Gasteiger partial charge in [0.2, 0.25) is 0 Å². The molecule has 0 spiro atoms. The third-order valence-electron chi connectivity index (χ3n) is 2.46. The number of anilines is 2. The Hall–Kier alpha value is -1.85. The summed E-state index contributed by atoms with van der Waals surface area (Å²) >= 11 is 0. The maximum absolute atomic E-state index is 11.6. The highest BCUT2D eigenvalue weighted by atomic mass is 16.6. The third-order valence-corrected chi connectivity index (χ3v) is 2.46. The van der Waals surface area contributed by atoms with E-state index in [4.69, 9.17) is 10.5 Å². The van der Waals surface area contributed by atoms with E-state index in [0.717, 1.165) is 5.56 Å². The van der Waals surface area contributed by atoms with Gasteiger partial charge in [0.15, 0.2) is 0 Å². The number of carbonyl (C=O) groups is 1. The number of hydrogen-bond acceptors (Lipinski definition) is 5. The van der Waals surface area contributed by atoms with Crippen LogP contribution in [0, 0.1) is 6.92 Å². The van der Waals surface area contributed by atoms with Crippen LogP contribution in [0.4, 0.5) is 16.4 Å². The van der Waals surface area contributed by atoms with Gasteiger partial charge in [-0.1, -0.05) is 0 Å². The van der Waals surface area contributed by atoms with E-state index in [1.165, 1.54) is 4.90 Å². The summed E-state index contributed by atoms with van der Waals surface area (Å²) in [5, 5.41) is 0. The Kier molecular flexibility index (Phi) is 2.64. The van der Waals surface area contributed by atoms with Gasteiger partial charge in [0.1, 0.15) is 17.5 Å². The van der Waals surface area contributed by atoms with Crippen LogP contribution in [-0.2, 0) is 11.2 Å². The van der Waals surface area contributed by atoms with Gasteiger partial charge in [-0.2, -0.15) is 0 Å². The standard InChI is InChI=1S/C10H14N4O2/c1-3-16-10(15)14-5-4-7-8(11)12-6(2)13-9(7)14/h3-5H2,1-2H3,(H2,11,12,13). The fourth-order valence-corrected chi connectivity index (χ4v) is 1.77. The molecule has 2 rings (SSSR count). The number of carbonyl (C=O) groups excluding carboxylic acids is 1. The van der Waals surface area contributed by atoms with Crippen LogP contribution < -0.4 is 10.6 Å². The summed E-state index contributed by atoms with van der Waals surface area (Å²) in [6.45, 7) is 4.42. The summed E-state index contributed by atoms with van der Waals surface area (Å²) < 4.78 is 4.95. The van der Waals surface area contributed by atoms with Crippen LogP contribution in [0.5, 0.6) is 0 Å². The molecule has 1 aliphatic rings. The number of rotatable bonds is 1. The van der Waals surface area contributed by atoms with Gasteiger partial charge < -0.3 is 10.5 Å². The average Bonchev–Trinajstić information content (AvgIpc) is 2.61. The van der Waals surface area contributed by atoms with E-state index in [9.17, 15) is 4.79 Å². The van der Waals surface area contributed by atoms with Crippen LogP contribution in [0.25, 0.3) is 0 Å². The molecule has 86 valence electrons. The fraction of sp³-hybridized carbons (Fsp3) is 0.500. The molecule has 16 heavy (non-hydrogen) atoms. The zero-order valence-corrected chi connectivity index (χ0v) is 9.36. The van der Waals surface area contributed by atoms with Crippen molar-refractivity contribution in [2.45, 2.75) is 20.3 Å². The summed E-state index contributed by atoms with van der Waals surface area (Å²) in [7, 11) is 0. The van der Waals surface area contributed by atoms with Crippen molar-refractivity contribution in [2.75, 3.05) is 23.8 Å². The van der Waals surface area contributed by atoms with Gasteiger partial charge in [-0.3, -0.25) is 4.90 Å².